The topological polar surface area (TPSA) is 25.4 Å². The lowest BCUT2D eigenvalue weighted by molar-refractivity contribution is 0.248. The molecule has 1 saturated heterocycles. The Morgan fingerprint density at radius 3 is 2.32 bits per heavy atom. The monoisotopic (exact) mass is 271 g/mol. The molecular weight excluding hydrogens is 258 g/mol. The summed E-state index contributed by atoms with van der Waals surface area (Å²) in [6.45, 7) is 0.783. The van der Waals surface area contributed by atoms with Gasteiger partial charge in [0.2, 0.25) is 0 Å². The molecule has 2 fully saturated rings. The highest BCUT2D eigenvalue weighted by atomic mass is 35.5. The molecule has 0 amide bonds. The first-order chi connectivity index (χ1) is 9.27. The van der Waals surface area contributed by atoms with Gasteiger partial charge in [0, 0.05) is 22.3 Å². The molecule has 1 aromatic carbocycles. The van der Waals surface area contributed by atoms with Crippen molar-refractivity contribution in [3.63, 3.8) is 0 Å². The Bertz CT molecular complexity index is 600. The molecule has 96 valence electrons. The van der Waals surface area contributed by atoms with Gasteiger partial charge in [-0.2, -0.15) is 0 Å². The summed E-state index contributed by atoms with van der Waals surface area (Å²) in [5.74, 6) is 0. The third-order valence-electron chi connectivity index (χ3n) is 4.42. The second-order valence-electron chi connectivity index (χ2n) is 5.42. The molecule has 2 aromatic rings. The Labute approximate surface area is 117 Å². The number of nitrogens with zero attached hydrogens (tertiary/aromatic N) is 1. The predicted molar refractivity (Wildman–Crippen MR) is 74.2 cm³/mol. The van der Waals surface area contributed by atoms with E-state index in [4.69, 9.17) is 16.3 Å². The maximum atomic E-state index is 5.98. The lowest BCUT2D eigenvalue weighted by Gasteiger charge is -2.23. The molecule has 0 N–H and O–H groups in total. The van der Waals surface area contributed by atoms with E-state index in [1.807, 2.05) is 24.4 Å². The molecule has 1 aliphatic carbocycles. The average molecular weight is 272 g/mol. The fourth-order valence-corrected chi connectivity index (χ4v) is 3.27. The van der Waals surface area contributed by atoms with Crippen LogP contribution in [0, 0.1) is 0 Å². The largest absolute Gasteiger partial charge is 0.363 e. The van der Waals surface area contributed by atoms with Crippen LogP contribution >= 0.6 is 11.6 Å². The van der Waals surface area contributed by atoms with E-state index in [1.165, 1.54) is 5.56 Å². The maximum Gasteiger partial charge on any atom is 0.128 e. The highest BCUT2D eigenvalue weighted by Gasteiger charge is 2.69. The molecule has 2 heterocycles. The lowest BCUT2D eigenvalue weighted by Crippen LogP contribution is -2.28. The van der Waals surface area contributed by atoms with Crippen LogP contribution in [0.1, 0.15) is 24.1 Å². The van der Waals surface area contributed by atoms with Crippen LogP contribution in [0.4, 0.5) is 0 Å². The Morgan fingerprint density at radius 1 is 1.05 bits per heavy atom. The fourth-order valence-electron chi connectivity index (χ4n) is 3.15. The zero-order valence-corrected chi connectivity index (χ0v) is 11.2. The van der Waals surface area contributed by atoms with Crippen LogP contribution in [0.25, 0.3) is 0 Å². The standard InChI is InChI=1S/C16H14ClNO/c17-13-6-4-12(5-7-13)16(11-19-16)15(8-9-15)14-3-1-2-10-18-14/h1-7,10H,8-9,11H2. The van der Waals surface area contributed by atoms with Gasteiger partial charge in [-0.1, -0.05) is 29.8 Å². The van der Waals surface area contributed by atoms with Crippen molar-refractivity contribution in [2.24, 2.45) is 0 Å². The number of hydrogen-bond acceptors (Lipinski definition) is 2. The van der Waals surface area contributed by atoms with Gasteiger partial charge >= 0.3 is 0 Å². The van der Waals surface area contributed by atoms with Crippen molar-refractivity contribution in [3.8, 4) is 0 Å². The summed E-state index contributed by atoms with van der Waals surface area (Å²) in [6.07, 6.45) is 4.16. The predicted octanol–water partition coefficient (Wildman–Crippen LogP) is 3.69. The zero-order valence-electron chi connectivity index (χ0n) is 10.5. The van der Waals surface area contributed by atoms with E-state index in [9.17, 15) is 0 Å². The third kappa shape index (κ3) is 1.57. The van der Waals surface area contributed by atoms with Gasteiger partial charge in [-0.05, 0) is 42.7 Å². The minimum absolute atomic E-state index is 0.0715. The molecule has 1 atom stereocenters. The molecule has 1 aromatic heterocycles. The Balaban J connectivity index is 1.78. The second-order valence-corrected chi connectivity index (χ2v) is 5.86. The average Bonchev–Trinajstić information content (AvgIpc) is 3.33. The van der Waals surface area contributed by atoms with Crippen LogP contribution in [0.2, 0.25) is 5.02 Å². The van der Waals surface area contributed by atoms with Crippen LogP contribution in [0.3, 0.4) is 0 Å². The molecule has 1 unspecified atom stereocenters. The van der Waals surface area contributed by atoms with E-state index in [2.05, 4.69) is 29.2 Å². The number of ether oxygens (including phenoxy) is 1. The molecule has 0 bridgehead atoms. The molecule has 3 heteroatoms. The van der Waals surface area contributed by atoms with Crippen LogP contribution < -0.4 is 0 Å². The van der Waals surface area contributed by atoms with Gasteiger partial charge in [0.15, 0.2) is 0 Å². The fraction of sp³-hybridized carbons (Fsp3) is 0.312. The van der Waals surface area contributed by atoms with Crippen molar-refractivity contribution >= 4 is 11.6 Å². The Kier molecular flexibility index (Phi) is 2.30. The van der Waals surface area contributed by atoms with E-state index in [0.29, 0.717) is 0 Å². The van der Waals surface area contributed by atoms with Crippen LogP contribution in [-0.4, -0.2) is 11.6 Å². The number of halogens is 1. The molecule has 0 radical (unpaired) electrons. The number of epoxide rings is 1. The smallest absolute Gasteiger partial charge is 0.128 e. The second kappa shape index (κ2) is 3.81. The Morgan fingerprint density at radius 2 is 1.79 bits per heavy atom. The summed E-state index contributed by atoms with van der Waals surface area (Å²) in [4.78, 5) is 4.56. The number of rotatable bonds is 3. The summed E-state index contributed by atoms with van der Waals surface area (Å²) in [5.41, 5.74) is 2.27. The van der Waals surface area contributed by atoms with E-state index < -0.39 is 0 Å². The van der Waals surface area contributed by atoms with Gasteiger partial charge in [0.1, 0.15) is 5.60 Å². The van der Waals surface area contributed by atoms with Gasteiger partial charge in [-0.3, -0.25) is 4.98 Å². The van der Waals surface area contributed by atoms with E-state index >= 15 is 0 Å². The SMILES string of the molecule is Clc1ccc(C2(C3(c4ccccn4)CC3)CO2)cc1. The quantitative estimate of drug-likeness (QED) is 0.796. The van der Waals surface area contributed by atoms with E-state index in [1.54, 1.807) is 0 Å². The highest BCUT2D eigenvalue weighted by molar-refractivity contribution is 6.30. The Hall–Kier alpha value is -1.38. The summed E-state index contributed by atoms with van der Waals surface area (Å²) in [7, 11) is 0. The first-order valence-corrected chi connectivity index (χ1v) is 6.96. The van der Waals surface area contributed by atoms with Gasteiger partial charge in [-0.15, -0.1) is 0 Å². The number of aromatic nitrogens is 1. The molecule has 2 nitrogen and oxygen atoms in total. The van der Waals surface area contributed by atoms with Crippen molar-refractivity contribution in [3.05, 3.63) is 64.9 Å². The van der Waals surface area contributed by atoms with Crippen molar-refractivity contribution in [1.29, 1.82) is 0 Å². The summed E-state index contributed by atoms with van der Waals surface area (Å²) < 4.78 is 5.92. The van der Waals surface area contributed by atoms with Crippen molar-refractivity contribution < 1.29 is 4.74 Å². The highest BCUT2D eigenvalue weighted by Crippen LogP contribution is 2.66. The minimum Gasteiger partial charge on any atom is -0.363 e. The molecule has 19 heavy (non-hydrogen) atoms. The molecule has 2 aliphatic rings. The summed E-state index contributed by atoms with van der Waals surface area (Å²) >= 11 is 5.98. The van der Waals surface area contributed by atoms with Gasteiger partial charge < -0.3 is 4.74 Å². The summed E-state index contributed by atoms with van der Waals surface area (Å²) in [6, 6.07) is 14.2. The van der Waals surface area contributed by atoms with Gasteiger partial charge in [0.25, 0.3) is 0 Å². The van der Waals surface area contributed by atoms with E-state index in [-0.39, 0.29) is 11.0 Å². The van der Waals surface area contributed by atoms with Crippen LogP contribution in [-0.2, 0) is 15.8 Å². The first kappa shape index (κ1) is 11.4. The van der Waals surface area contributed by atoms with Crippen LogP contribution in [0.5, 0.6) is 0 Å². The van der Waals surface area contributed by atoms with Crippen molar-refractivity contribution in [2.75, 3.05) is 6.61 Å². The van der Waals surface area contributed by atoms with Crippen molar-refractivity contribution in [2.45, 2.75) is 23.9 Å². The first-order valence-electron chi connectivity index (χ1n) is 6.58. The summed E-state index contributed by atoms with van der Waals surface area (Å²) in [5, 5.41) is 0.766. The minimum atomic E-state index is -0.175. The maximum absolute atomic E-state index is 5.98. The lowest BCUT2D eigenvalue weighted by atomic mass is 9.81. The number of hydrogen-bond donors (Lipinski definition) is 0. The molecule has 0 spiro atoms. The third-order valence-corrected chi connectivity index (χ3v) is 4.67. The molecular formula is C16H14ClNO. The number of benzene rings is 1. The van der Waals surface area contributed by atoms with E-state index in [0.717, 1.165) is 30.2 Å². The molecule has 1 aliphatic heterocycles. The number of pyridine rings is 1. The molecule has 4 rings (SSSR count). The zero-order chi connectivity index (χ0) is 12.9. The van der Waals surface area contributed by atoms with Gasteiger partial charge in [-0.25, -0.2) is 0 Å². The van der Waals surface area contributed by atoms with Gasteiger partial charge in [0.05, 0.1) is 6.61 Å². The molecule has 1 saturated carbocycles. The normalized spacial score (nSPS) is 27.0. The van der Waals surface area contributed by atoms with Crippen LogP contribution in [0.15, 0.2) is 48.7 Å². The van der Waals surface area contributed by atoms with Crippen molar-refractivity contribution in [1.82, 2.24) is 4.98 Å².